The third kappa shape index (κ3) is 6.80. The first kappa shape index (κ1) is 15.4. The van der Waals surface area contributed by atoms with Crippen LogP contribution in [0.3, 0.4) is 0 Å². The van der Waals surface area contributed by atoms with Crippen LogP contribution in [0.1, 0.15) is 40.0 Å². The van der Waals surface area contributed by atoms with Gasteiger partial charge < -0.3 is 15.7 Å². The molecule has 0 aromatic heterocycles. The molecule has 16 heavy (non-hydrogen) atoms. The fourth-order valence-electron chi connectivity index (χ4n) is 1.47. The van der Waals surface area contributed by atoms with E-state index < -0.39 is 0 Å². The Morgan fingerprint density at radius 2 is 2.06 bits per heavy atom. The minimum atomic E-state index is -0.153. The Morgan fingerprint density at radius 1 is 1.38 bits per heavy atom. The maximum Gasteiger partial charge on any atom is 0.236 e. The molecule has 0 aromatic rings. The highest BCUT2D eigenvalue weighted by molar-refractivity contribution is 5.81. The molecule has 0 saturated carbocycles. The molecule has 4 heteroatoms. The van der Waals surface area contributed by atoms with Crippen LogP contribution in [0.4, 0.5) is 0 Å². The fraction of sp³-hybridized carbons (Fsp3) is 0.917. The van der Waals surface area contributed by atoms with Crippen molar-refractivity contribution < 1.29 is 9.90 Å². The van der Waals surface area contributed by atoms with Crippen molar-refractivity contribution in [2.45, 2.75) is 46.1 Å². The second kappa shape index (κ2) is 9.60. The average Bonchev–Trinajstić information content (AvgIpc) is 2.30. The first-order valence-electron chi connectivity index (χ1n) is 6.27. The van der Waals surface area contributed by atoms with Gasteiger partial charge in [-0.3, -0.25) is 4.79 Å². The molecule has 0 radical (unpaired) electrons. The monoisotopic (exact) mass is 230 g/mol. The number of carbonyl (C=O) groups is 1. The van der Waals surface area contributed by atoms with Gasteiger partial charge in [0, 0.05) is 13.2 Å². The maximum atomic E-state index is 11.5. The van der Waals surface area contributed by atoms with E-state index in [1.165, 1.54) is 0 Å². The summed E-state index contributed by atoms with van der Waals surface area (Å²) < 4.78 is 0. The van der Waals surface area contributed by atoms with Crippen LogP contribution in [0.25, 0.3) is 0 Å². The van der Waals surface area contributed by atoms with E-state index in [9.17, 15) is 4.79 Å². The van der Waals surface area contributed by atoms with Gasteiger partial charge in [0.1, 0.15) is 0 Å². The summed E-state index contributed by atoms with van der Waals surface area (Å²) in [7, 11) is 0. The van der Waals surface area contributed by atoms with Crippen molar-refractivity contribution in [2.24, 2.45) is 5.92 Å². The second-order valence-electron chi connectivity index (χ2n) is 4.21. The van der Waals surface area contributed by atoms with Crippen molar-refractivity contribution >= 4 is 5.91 Å². The van der Waals surface area contributed by atoms with Gasteiger partial charge in [0.2, 0.25) is 5.91 Å². The molecule has 0 aliphatic rings. The lowest BCUT2D eigenvalue weighted by Crippen LogP contribution is -2.44. The molecule has 2 atom stereocenters. The van der Waals surface area contributed by atoms with E-state index >= 15 is 0 Å². The summed E-state index contributed by atoms with van der Waals surface area (Å²) in [6, 6.07) is -0.153. The number of amides is 1. The van der Waals surface area contributed by atoms with Crippen molar-refractivity contribution in [3.8, 4) is 0 Å². The third-order valence-electron chi connectivity index (χ3n) is 2.77. The van der Waals surface area contributed by atoms with Crippen LogP contribution in [-0.4, -0.2) is 36.8 Å². The number of aliphatic hydroxyl groups is 1. The Balaban J connectivity index is 3.76. The summed E-state index contributed by atoms with van der Waals surface area (Å²) in [6.45, 7) is 7.75. The lowest BCUT2D eigenvalue weighted by molar-refractivity contribution is -0.122. The lowest BCUT2D eigenvalue weighted by atomic mass is 10.0. The van der Waals surface area contributed by atoms with Crippen LogP contribution in [-0.2, 0) is 4.79 Å². The Kier molecular flexibility index (Phi) is 9.24. The highest BCUT2D eigenvalue weighted by atomic mass is 16.3. The number of hydrogen-bond donors (Lipinski definition) is 3. The predicted molar refractivity (Wildman–Crippen MR) is 66.2 cm³/mol. The summed E-state index contributed by atoms with van der Waals surface area (Å²) in [5, 5.41) is 14.9. The zero-order valence-electron chi connectivity index (χ0n) is 10.8. The van der Waals surface area contributed by atoms with E-state index in [2.05, 4.69) is 17.6 Å². The Morgan fingerprint density at radius 3 is 2.56 bits per heavy atom. The molecule has 96 valence electrons. The number of rotatable bonds is 9. The van der Waals surface area contributed by atoms with Gasteiger partial charge >= 0.3 is 0 Å². The summed E-state index contributed by atoms with van der Waals surface area (Å²) in [4.78, 5) is 11.5. The van der Waals surface area contributed by atoms with Gasteiger partial charge in [0.05, 0.1) is 6.04 Å². The minimum absolute atomic E-state index is 0.0562. The maximum absolute atomic E-state index is 11.5. The van der Waals surface area contributed by atoms with Crippen LogP contribution in [0, 0.1) is 5.92 Å². The Bertz CT molecular complexity index is 186. The van der Waals surface area contributed by atoms with Crippen LogP contribution >= 0.6 is 0 Å². The van der Waals surface area contributed by atoms with Crippen LogP contribution in [0.5, 0.6) is 0 Å². The molecule has 2 unspecified atom stereocenters. The van der Waals surface area contributed by atoms with Gasteiger partial charge in [-0.15, -0.1) is 0 Å². The standard InChI is InChI=1S/C12H26N2O2/c1-4-7-13-12(16)10(3)14-9-11(5-2)6-8-15/h10-11,14-15H,4-9H2,1-3H3,(H,13,16). The number of hydrogen-bond acceptors (Lipinski definition) is 3. The predicted octanol–water partition coefficient (Wildman–Crippen LogP) is 0.899. The van der Waals surface area contributed by atoms with Crippen molar-refractivity contribution in [3.63, 3.8) is 0 Å². The third-order valence-corrected chi connectivity index (χ3v) is 2.77. The summed E-state index contributed by atoms with van der Waals surface area (Å²) >= 11 is 0. The molecular formula is C12H26N2O2. The molecule has 1 amide bonds. The first-order chi connectivity index (χ1) is 7.65. The largest absolute Gasteiger partial charge is 0.396 e. The zero-order chi connectivity index (χ0) is 12.4. The zero-order valence-corrected chi connectivity index (χ0v) is 10.8. The molecule has 0 rings (SSSR count). The first-order valence-corrected chi connectivity index (χ1v) is 6.27. The molecule has 0 spiro atoms. The van der Waals surface area contributed by atoms with Crippen molar-refractivity contribution in [1.82, 2.24) is 10.6 Å². The molecule has 0 aliphatic carbocycles. The molecular weight excluding hydrogens is 204 g/mol. The number of nitrogens with one attached hydrogen (secondary N) is 2. The van der Waals surface area contributed by atoms with E-state index in [1.54, 1.807) is 0 Å². The van der Waals surface area contributed by atoms with E-state index in [4.69, 9.17) is 5.11 Å². The average molecular weight is 230 g/mol. The molecule has 0 aromatic carbocycles. The van der Waals surface area contributed by atoms with Crippen molar-refractivity contribution in [2.75, 3.05) is 19.7 Å². The molecule has 0 heterocycles. The van der Waals surface area contributed by atoms with Crippen LogP contribution in [0.2, 0.25) is 0 Å². The summed E-state index contributed by atoms with van der Waals surface area (Å²) in [5.74, 6) is 0.507. The fourth-order valence-corrected chi connectivity index (χ4v) is 1.47. The van der Waals surface area contributed by atoms with E-state index in [0.29, 0.717) is 5.92 Å². The SMILES string of the molecule is CCCNC(=O)C(C)NCC(CC)CCO. The minimum Gasteiger partial charge on any atom is -0.396 e. The Hall–Kier alpha value is -0.610. The van der Waals surface area contributed by atoms with E-state index in [1.807, 2.05) is 13.8 Å². The molecule has 0 saturated heterocycles. The topological polar surface area (TPSA) is 61.4 Å². The molecule has 4 nitrogen and oxygen atoms in total. The van der Waals surface area contributed by atoms with Gasteiger partial charge in [0.15, 0.2) is 0 Å². The van der Waals surface area contributed by atoms with Gasteiger partial charge in [-0.1, -0.05) is 20.3 Å². The van der Waals surface area contributed by atoms with Crippen LogP contribution in [0.15, 0.2) is 0 Å². The second-order valence-corrected chi connectivity index (χ2v) is 4.21. The lowest BCUT2D eigenvalue weighted by Gasteiger charge is -2.18. The van der Waals surface area contributed by atoms with E-state index in [-0.39, 0.29) is 18.6 Å². The van der Waals surface area contributed by atoms with Gasteiger partial charge in [-0.25, -0.2) is 0 Å². The number of carbonyl (C=O) groups excluding carboxylic acids is 1. The van der Waals surface area contributed by atoms with Gasteiger partial charge in [-0.2, -0.15) is 0 Å². The molecule has 0 fully saturated rings. The number of aliphatic hydroxyl groups excluding tert-OH is 1. The quantitative estimate of drug-likeness (QED) is 0.551. The summed E-state index contributed by atoms with van der Waals surface area (Å²) in [6.07, 6.45) is 2.78. The molecule has 0 bridgehead atoms. The summed E-state index contributed by atoms with van der Waals surface area (Å²) in [5.41, 5.74) is 0. The van der Waals surface area contributed by atoms with Gasteiger partial charge in [-0.05, 0) is 32.2 Å². The van der Waals surface area contributed by atoms with Gasteiger partial charge in [0.25, 0.3) is 0 Å². The normalized spacial score (nSPS) is 14.5. The Labute approximate surface area is 98.8 Å². The van der Waals surface area contributed by atoms with Crippen LogP contribution < -0.4 is 10.6 Å². The van der Waals surface area contributed by atoms with Crippen molar-refractivity contribution in [1.29, 1.82) is 0 Å². The highest BCUT2D eigenvalue weighted by Crippen LogP contribution is 2.05. The smallest absolute Gasteiger partial charge is 0.236 e. The van der Waals surface area contributed by atoms with Crippen molar-refractivity contribution in [3.05, 3.63) is 0 Å². The molecule has 3 N–H and O–H groups in total. The molecule has 0 aliphatic heterocycles. The highest BCUT2D eigenvalue weighted by Gasteiger charge is 2.13. The van der Waals surface area contributed by atoms with E-state index in [0.717, 1.165) is 32.4 Å².